The maximum absolute atomic E-state index is 13.0. The van der Waals surface area contributed by atoms with E-state index in [9.17, 15) is 18.0 Å². The highest BCUT2D eigenvalue weighted by Crippen LogP contribution is 2.29. The van der Waals surface area contributed by atoms with Gasteiger partial charge in [0.25, 0.3) is 21.8 Å². The highest BCUT2D eigenvalue weighted by Gasteiger charge is 2.32. The maximum atomic E-state index is 13.0. The molecule has 0 aliphatic carbocycles. The van der Waals surface area contributed by atoms with E-state index in [0.717, 1.165) is 5.56 Å². The van der Waals surface area contributed by atoms with Crippen LogP contribution in [0.4, 0.5) is 5.00 Å². The summed E-state index contributed by atoms with van der Waals surface area (Å²) in [5, 5.41) is 5.02. The second-order valence-corrected chi connectivity index (χ2v) is 10.8. The Morgan fingerprint density at radius 1 is 1.13 bits per heavy atom. The van der Waals surface area contributed by atoms with Crippen molar-refractivity contribution in [3.8, 4) is 0 Å². The minimum absolute atomic E-state index is 0.163. The molecule has 0 radical (unpaired) electrons. The molecule has 1 aliphatic rings. The van der Waals surface area contributed by atoms with Crippen molar-refractivity contribution in [3.05, 3.63) is 58.2 Å². The standard InChI is InChI=1S/C19H19N3O5S3/c1-13-12-15(20-18(23)14-4-2-10-27-14)29-17(13)19(24)21-6-8-22(9-7-21)30(25,26)16-5-3-11-28-16/h2-5,10-12H,6-9H2,1H3,(H,20,23). The zero-order chi connectivity index (χ0) is 21.3. The molecule has 8 nitrogen and oxygen atoms in total. The molecule has 1 aliphatic heterocycles. The molecule has 0 aromatic carbocycles. The number of carbonyl (C=O) groups excluding carboxylic acids is 2. The summed E-state index contributed by atoms with van der Waals surface area (Å²) in [5.41, 5.74) is 0.758. The average molecular weight is 466 g/mol. The van der Waals surface area contributed by atoms with Crippen LogP contribution < -0.4 is 5.32 Å². The lowest BCUT2D eigenvalue weighted by Crippen LogP contribution is -2.50. The highest BCUT2D eigenvalue weighted by molar-refractivity contribution is 7.91. The monoisotopic (exact) mass is 465 g/mol. The van der Waals surface area contributed by atoms with Gasteiger partial charge >= 0.3 is 0 Å². The van der Waals surface area contributed by atoms with E-state index in [-0.39, 0.29) is 30.7 Å². The molecule has 0 bridgehead atoms. The second-order valence-electron chi connectivity index (χ2n) is 6.68. The van der Waals surface area contributed by atoms with E-state index in [4.69, 9.17) is 4.42 Å². The van der Waals surface area contributed by atoms with Crippen molar-refractivity contribution in [2.45, 2.75) is 11.1 Å². The van der Waals surface area contributed by atoms with E-state index in [2.05, 4.69) is 5.32 Å². The Hall–Kier alpha value is -2.47. The zero-order valence-corrected chi connectivity index (χ0v) is 18.5. The number of nitrogens with one attached hydrogen (secondary N) is 1. The van der Waals surface area contributed by atoms with Gasteiger partial charge in [-0.1, -0.05) is 6.07 Å². The summed E-state index contributed by atoms with van der Waals surface area (Å²) in [4.78, 5) is 27.3. The summed E-state index contributed by atoms with van der Waals surface area (Å²) in [6, 6.07) is 8.23. The van der Waals surface area contributed by atoms with Crippen LogP contribution >= 0.6 is 22.7 Å². The van der Waals surface area contributed by atoms with Crippen molar-refractivity contribution in [3.63, 3.8) is 0 Å². The van der Waals surface area contributed by atoms with Crippen LogP contribution in [0.5, 0.6) is 0 Å². The normalized spacial score (nSPS) is 15.3. The number of anilines is 1. The number of hydrogen-bond donors (Lipinski definition) is 1. The Morgan fingerprint density at radius 2 is 1.90 bits per heavy atom. The third kappa shape index (κ3) is 4.06. The van der Waals surface area contributed by atoms with E-state index < -0.39 is 10.0 Å². The maximum Gasteiger partial charge on any atom is 0.291 e. The first-order valence-electron chi connectivity index (χ1n) is 9.14. The molecule has 4 rings (SSSR count). The van der Waals surface area contributed by atoms with Crippen LogP contribution in [0.15, 0.2) is 50.6 Å². The Labute approximate surface area is 181 Å². The van der Waals surface area contributed by atoms with Crippen molar-refractivity contribution in [1.29, 1.82) is 0 Å². The van der Waals surface area contributed by atoms with Gasteiger partial charge in [0.1, 0.15) is 4.21 Å². The lowest BCUT2D eigenvalue weighted by molar-refractivity contribution is 0.0702. The number of carbonyl (C=O) groups is 2. The van der Waals surface area contributed by atoms with Crippen LogP contribution in [-0.4, -0.2) is 55.6 Å². The molecule has 1 N–H and O–H groups in total. The van der Waals surface area contributed by atoms with Gasteiger partial charge in [-0.3, -0.25) is 9.59 Å². The molecule has 30 heavy (non-hydrogen) atoms. The van der Waals surface area contributed by atoms with Crippen LogP contribution in [-0.2, 0) is 10.0 Å². The number of sulfonamides is 1. The molecule has 3 aromatic rings. The van der Waals surface area contributed by atoms with Crippen molar-refractivity contribution in [2.75, 3.05) is 31.5 Å². The highest BCUT2D eigenvalue weighted by atomic mass is 32.2. The summed E-state index contributed by atoms with van der Waals surface area (Å²) < 4.78 is 32.1. The summed E-state index contributed by atoms with van der Waals surface area (Å²) >= 11 is 2.38. The second kappa shape index (κ2) is 8.34. The average Bonchev–Trinajstić information content (AvgIpc) is 3.49. The van der Waals surface area contributed by atoms with E-state index in [1.165, 1.54) is 33.2 Å². The number of hydrogen-bond acceptors (Lipinski definition) is 7. The van der Waals surface area contributed by atoms with Gasteiger partial charge in [-0.2, -0.15) is 4.31 Å². The fourth-order valence-electron chi connectivity index (χ4n) is 3.15. The Morgan fingerprint density at radius 3 is 2.53 bits per heavy atom. The van der Waals surface area contributed by atoms with Crippen LogP contribution in [0, 0.1) is 6.92 Å². The minimum Gasteiger partial charge on any atom is -0.459 e. The fourth-order valence-corrected chi connectivity index (χ4v) is 6.75. The number of nitrogens with zero attached hydrogens (tertiary/aromatic N) is 2. The Bertz CT molecular complexity index is 1140. The zero-order valence-electron chi connectivity index (χ0n) is 16.0. The summed E-state index contributed by atoms with van der Waals surface area (Å²) in [7, 11) is -3.51. The van der Waals surface area contributed by atoms with Gasteiger partial charge < -0.3 is 14.6 Å². The van der Waals surface area contributed by atoms with Gasteiger partial charge in [0.15, 0.2) is 5.76 Å². The molecule has 1 saturated heterocycles. The van der Waals surface area contributed by atoms with Gasteiger partial charge in [-0.15, -0.1) is 22.7 Å². The fraction of sp³-hybridized carbons (Fsp3) is 0.263. The lowest BCUT2D eigenvalue weighted by atomic mass is 10.2. The molecule has 4 heterocycles. The van der Waals surface area contributed by atoms with E-state index in [0.29, 0.717) is 27.2 Å². The van der Waals surface area contributed by atoms with Crippen LogP contribution in [0.2, 0.25) is 0 Å². The molecule has 1 fully saturated rings. The first-order valence-corrected chi connectivity index (χ1v) is 12.3. The van der Waals surface area contributed by atoms with Gasteiger partial charge in [0.05, 0.1) is 16.1 Å². The van der Waals surface area contributed by atoms with Gasteiger partial charge in [-0.05, 0) is 42.1 Å². The minimum atomic E-state index is -3.51. The SMILES string of the molecule is Cc1cc(NC(=O)c2ccco2)sc1C(=O)N1CCN(S(=O)(=O)c2cccs2)CC1. The van der Waals surface area contributed by atoms with Crippen LogP contribution in [0.1, 0.15) is 25.8 Å². The van der Waals surface area contributed by atoms with E-state index in [1.54, 1.807) is 40.6 Å². The topological polar surface area (TPSA) is 99.9 Å². The molecule has 0 saturated carbocycles. The Kier molecular flexibility index (Phi) is 5.78. The summed E-state index contributed by atoms with van der Waals surface area (Å²) in [6.45, 7) is 2.94. The third-order valence-electron chi connectivity index (χ3n) is 4.71. The number of piperazine rings is 1. The lowest BCUT2D eigenvalue weighted by Gasteiger charge is -2.33. The summed E-state index contributed by atoms with van der Waals surface area (Å²) in [6.07, 6.45) is 1.42. The number of aryl methyl sites for hydroxylation is 1. The van der Waals surface area contributed by atoms with Gasteiger partial charge in [0.2, 0.25) is 0 Å². The number of amides is 2. The molecule has 2 amide bonds. The molecule has 11 heteroatoms. The molecule has 0 atom stereocenters. The molecular weight excluding hydrogens is 446 g/mol. The molecule has 3 aromatic heterocycles. The van der Waals surface area contributed by atoms with Crippen molar-refractivity contribution in [1.82, 2.24) is 9.21 Å². The molecule has 0 spiro atoms. The number of furan rings is 1. The van der Waals surface area contributed by atoms with Gasteiger partial charge in [0, 0.05) is 26.2 Å². The quantitative estimate of drug-likeness (QED) is 0.624. The van der Waals surface area contributed by atoms with Crippen LogP contribution in [0.25, 0.3) is 0 Å². The first-order chi connectivity index (χ1) is 14.4. The number of thiophene rings is 2. The van der Waals surface area contributed by atoms with Gasteiger partial charge in [-0.25, -0.2) is 8.42 Å². The predicted molar refractivity (Wildman–Crippen MR) is 115 cm³/mol. The van der Waals surface area contributed by atoms with Crippen molar-refractivity contribution in [2.24, 2.45) is 0 Å². The van der Waals surface area contributed by atoms with Crippen molar-refractivity contribution < 1.29 is 22.4 Å². The molecular formula is C19H19N3O5S3. The smallest absolute Gasteiger partial charge is 0.291 e. The largest absolute Gasteiger partial charge is 0.459 e. The third-order valence-corrected chi connectivity index (χ3v) is 9.12. The number of rotatable bonds is 5. The van der Waals surface area contributed by atoms with E-state index >= 15 is 0 Å². The van der Waals surface area contributed by atoms with Crippen molar-refractivity contribution >= 4 is 49.5 Å². The predicted octanol–water partition coefficient (Wildman–Crippen LogP) is 3.11. The Balaban J connectivity index is 1.41. The molecule has 0 unspecified atom stereocenters. The molecule has 158 valence electrons. The summed E-state index contributed by atoms with van der Waals surface area (Å²) in [5.74, 6) is -0.353. The first kappa shape index (κ1) is 20.8. The van der Waals surface area contributed by atoms with E-state index in [1.807, 2.05) is 6.92 Å². The van der Waals surface area contributed by atoms with Crippen LogP contribution in [0.3, 0.4) is 0 Å².